The van der Waals surface area contributed by atoms with E-state index < -0.39 is 6.09 Å². The van der Waals surface area contributed by atoms with Crippen molar-refractivity contribution >= 4 is 11.9 Å². The van der Waals surface area contributed by atoms with Gasteiger partial charge in [-0.1, -0.05) is 60.7 Å². The standard InChI is InChI=1S/C27H33N3O3/c1-27(2,3)30-25(17-24(28-30)22-14-15-23(31)16-22)29(18-20-10-6-4-7-11-20)26(32)33-19-21-12-8-5-9-13-21/h4-13,17,22-23,31H,14-16,18-19H2,1-3H3/t22-,23+/m1/s1. The fourth-order valence-corrected chi connectivity index (χ4v) is 4.30. The number of aliphatic hydroxyl groups is 1. The van der Waals surface area contributed by atoms with Gasteiger partial charge in [-0.15, -0.1) is 0 Å². The average Bonchev–Trinajstić information content (AvgIpc) is 3.44. The van der Waals surface area contributed by atoms with E-state index in [9.17, 15) is 9.90 Å². The van der Waals surface area contributed by atoms with Crippen LogP contribution in [0.2, 0.25) is 0 Å². The number of rotatable bonds is 6. The minimum atomic E-state index is -0.411. The summed E-state index contributed by atoms with van der Waals surface area (Å²) in [5.41, 5.74) is 2.54. The Bertz CT molecular complexity index is 1060. The Morgan fingerprint density at radius 2 is 1.70 bits per heavy atom. The van der Waals surface area contributed by atoms with Crippen LogP contribution in [-0.4, -0.2) is 27.1 Å². The molecule has 2 atom stereocenters. The molecule has 0 aliphatic heterocycles. The van der Waals surface area contributed by atoms with Gasteiger partial charge in [0.05, 0.1) is 23.9 Å². The summed E-state index contributed by atoms with van der Waals surface area (Å²) in [6.45, 7) is 6.81. The van der Waals surface area contributed by atoms with Crippen LogP contribution in [0.15, 0.2) is 66.7 Å². The Hall–Kier alpha value is -3.12. The fraction of sp³-hybridized carbons (Fsp3) is 0.407. The molecule has 6 nitrogen and oxygen atoms in total. The van der Waals surface area contributed by atoms with Crippen LogP contribution in [0.25, 0.3) is 0 Å². The van der Waals surface area contributed by atoms with Crippen molar-refractivity contribution in [2.24, 2.45) is 0 Å². The van der Waals surface area contributed by atoms with Gasteiger partial charge in [0.1, 0.15) is 12.4 Å². The summed E-state index contributed by atoms with van der Waals surface area (Å²) in [5.74, 6) is 0.905. The number of ether oxygens (including phenoxy) is 1. The second kappa shape index (κ2) is 9.79. The largest absolute Gasteiger partial charge is 0.444 e. The van der Waals surface area contributed by atoms with Crippen molar-refractivity contribution in [3.63, 3.8) is 0 Å². The minimum Gasteiger partial charge on any atom is -0.444 e. The summed E-state index contributed by atoms with van der Waals surface area (Å²) in [4.78, 5) is 15.1. The van der Waals surface area contributed by atoms with Gasteiger partial charge in [0.15, 0.2) is 0 Å². The van der Waals surface area contributed by atoms with Crippen LogP contribution in [-0.2, 0) is 23.4 Å². The number of carbonyl (C=O) groups is 1. The van der Waals surface area contributed by atoms with Crippen LogP contribution in [0.5, 0.6) is 0 Å². The van der Waals surface area contributed by atoms with Gasteiger partial charge in [0, 0.05) is 12.0 Å². The van der Waals surface area contributed by atoms with Crippen LogP contribution in [0.4, 0.5) is 10.6 Å². The molecule has 0 spiro atoms. The summed E-state index contributed by atoms with van der Waals surface area (Å²) >= 11 is 0. The topological polar surface area (TPSA) is 67.6 Å². The van der Waals surface area contributed by atoms with E-state index in [1.165, 1.54) is 0 Å². The van der Waals surface area contributed by atoms with E-state index in [1.807, 2.05) is 71.4 Å². The maximum absolute atomic E-state index is 13.4. The Kier molecular flexibility index (Phi) is 6.84. The number of aliphatic hydroxyl groups excluding tert-OH is 1. The molecule has 2 aromatic carbocycles. The smallest absolute Gasteiger partial charge is 0.416 e. The molecular formula is C27H33N3O3. The number of amides is 1. The van der Waals surface area contributed by atoms with Gasteiger partial charge < -0.3 is 9.84 Å². The van der Waals surface area contributed by atoms with Crippen LogP contribution < -0.4 is 4.90 Å². The zero-order chi connectivity index (χ0) is 23.4. The highest BCUT2D eigenvalue weighted by molar-refractivity contribution is 5.86. The molecule has 6 heteroatoms. The molecule has 1 aliphatic rings. The van der Waals surface area contributed by atoms with Gasteiger partial charge in [-0.25, -0.2) is 9.48 Å². The Balaban J connectivity index is 1.67. The van der Waals surface area contributed by atoms with Gasteiger partial charge in [-0.3, -0.25) is 4.90 Å². The summed E-state index contributed by atoms with van der Waals surface area (Å²) < 4.78 is 7.66. The van der Waals surface area contributed by atoms with Crippen molar-refractivity contribution in [1.29, 1.82) is 0 Å². The first kappa shape index (κ1) is 23.1. The predicted molar refractivity (Wildman–Crippen MR) is 129 cm³/mol. The molecule has 1 N–H and O–H groups in total. The molecule has 0 bridgehead atoms. The maximum Gasteiger partial charge on any atom is 0.416 e. The van der Waals surface area contributed by atoms with Gasteiger partial charge in [0.25, 0.3) is 0 Å². The molecule has 1 fully saturated rings. The second-order valence-corrected chi connectivity index (χ2v) is 9.79. The van der Waals surface area contributed by atoms with Crippen molar-refractivity contribution < 1.29 is 14.6 Å². The van der Waals surface area contributed by atoms with Crippen LogP contribution in [0.1, 0.15) is 62.8 Å². The number of hydrogen-bond acceptors (Lipinski definition) is 4. The molecule has 1 aliphatic carbocycles. The Morgan fingerprint density at radius 1 is 1.06 bits per heavy atom. The molecule has 0 saturated heterocycles. The number of benzene rings is 2. The van der Waals surface area contributed by atoms with Crippen LogP contribution >= 0.6 is 0 Å². The lowest BCUT2D eigenvalue weighted by Crippen LogP contribution is -2.36. The summed E-state index contributed by atoms with van der Waals surface area (Å²) in [5, 5.41) is 15.0. The van der Waals surface area contributed by atoms with Crippen LogP contribution in [0, 0.1) is 0 Å². The number of hydrogen-bond donors (Lipinski definition) is 1. The van der Waals surface area contributed by atoms with E-state index >= 15 is 0 Å². The van der Waals surface area contributed by atoms with E-state index in [0.29, 0.717) is 18.8 Å². The highest BCUT2D eigenvalue weighted by Gasteiger charge is 2.32. The highest BCUT2D eigenvalue weighted by Crippen LogP contribution is 2.37. The minimum absolute atomic E-state index is 0.196. The molecule has 1 amide bonds. The molecule has 1 aromatic heterocycles. The molecule has 1 saturated carbocycles. The summed E-state index contributed by atoms with van der Waals surface area (Å²) in [6, 6.07) is 21.6. The first-order valence-electron chi connectivity index (χ1n) is 11.6. The zero-order valence-electron chi connectivity index (χ0n) is 19.6. The average molecular weight is 448 g/mol. The highest BCUT2D eigenvalue weighted by atomic mass is 16.6. The van der Waals surface area contributed by atoms with E-state index in [0.717, 1.165) is 29.7 Å². The molecule has 174 valence electrons. The fourth-order valence-electron chi connectivity index (χ4n) is 4.30. The molecule has 33 heavy (non-hydrogen) atoms. The van der Waals surface area contributed by atoms with E-state index in [2.05, 4.69) is 20.8 Å². The van der Waals surface area contributed by atoms with Crippen molar-refractivity contribution in [2.45, 2.75) is 70.7 Å². The van der Waals surface area contributed by atoms with Crippen LogP contribution in [0.3, 0.4) is 0 Å². The molecule has 0 radical (unpaired) electrons. The summed E-state index contributed by atoms with van der Waals surface area (Å²) in [6.07, 6.45) is 1.70. The van der Waals surface area contributed by atoms with E-state index in [-0.39, 0.29) is 24.2 Å². The number of aromatic nitrogens is 2. The Labute approximate surface area is 195 Å². The number of carbonyl (C=O) groups excluding carboxylic acids is 1. The third-order valence-corrected chi connectivity index (χ3v) is 6.05. The van der Waals surface area contributed by atoms with Gasteiger partial charge >= 0.3 is 6.09 Å². The lowest BCUT2D eigenvalue weighted by Gasteiger charge is -2.28. The molecule has 4 rings (SSSR count). The SMILES string of the molecule is CC(C)(C)n1nc([C@@H]2CC[C@H](O)C2)cc1N(Cc1ccccc1)C(=O)OCc1ccccc1. The van der Waals surface area contributed by atoms with E-state index in [4.69, 9.17) is 9.84 Å². The monoisotopic (exact) mass is 447 g/mol. The number of anilines is 1. The second-order valence-electron chi connectivity index (χ2n) is 9.79. The van der Waals surface area contributed by atoms with Crippen molar-refractivity contribution in [2.75, 3.05) is 4.90 Å². The van der Waals surface area contributed by atoms with Crippen molar-refractivity contribution in [3.05, 3.63) is 83.6 Å². The van der Waals surface area contributed by atoms with Crippen molar-refractivity contribution in [3.8, 4) is 0 Å². The lowest BCUT2D eigenvalue weighted by atomic mass is 10.0. The normalized spacial score (nSPS) is 18.3. The first-order valence-corrected chi connectivity index (χ1v) is 11.6. The van der Waals surface area contributed by atoms with Gasteiger partial charge in [-0.2, -0.15) is 5.10 Å². The zero-order valence-corrected chi connectivity index (χ0v) is 19.6. The third-order valence-electron chi connectivity index (χ3n) is 6.05. The molecular weight excluding hydrogens is 414 g/mol. The summed E-state index contributed by atoms with van der Waals surface area (Å²) in [7, 11) is 0. The quantitative estimate of drug-likeness (QED) is 0.533. The molecule has 0 unspecified atom stereocenters. The third kappa shape index (κ3) is 5.63. The van der Waals surface area contributed by atoms with Gasteiger partial charge in [0.2, 0.25) is 0 Å². The first-order chi connectivity index (χ1) is 15.8. The van der Waals surface area contributed by atoms with E-state index in [1.54, 1.807) is 4.90 Å². The Morgan fingerprint density at radius 3 is 2.27 bits per heavy atom. The lowest BCUT2D eigenvalue weighted by molar-refractivity contribution is 0.146. The molecule has 3 aromatic rings. The van der Waals surface area contributed by atoms with Gasteiger partial charge in [-0.05, 0) is 51.2 Å². The van der Waals surface area contributed by atoms with Crippen molar-refractivity contribution in [1.82, 2.24) is 9.78 Å². The predicted octanol–water partition coefficient (Wildman–Crippen LogP) is 5.61. The maximum atomic E-state index is 13.4. The number of nitrogens with zero attached hydrogens (tertiary/aromatic N) is 3. The molecule has 1 heterocycles.